The predicted octanol–water partition coefficient (Wildman–Crippen LogP) is 2.02. The molecule has 1 saturated carbocycles. The zero-order valence-corrected chi connectivity index (χ0v) is 11.3. The van der Waals surface area contributed by atoms with Gasteiger partial charge in [0, 0.05) is 19.1 Å². The second-order valence-electron chi connectivity index (χ2n) is 5.27. The zero-order chi connectivity index (χ0) is 12.3. The summed E-state index contributed by atoms with van der Waals surface area (Å²) in [7, 11) is 0. The summed E-state index contributed by atoms with van der Waals surface area (Å²) in [5, 5.41) is 3.44. The molecule has 1 aliphatic carbocycles. The maximum Gasteiger partial charge on any atom is 0.239 e. The van der Waals surface area contributed by atoms with Crippen molar-refractivity contribution in [3.05, 3.63) is 0 Å². The Morgan fingerprint density at radius 3 is 2.19 bits per heavy atom. The van der Waals surface area contributed by atoms with Crippen molar-refractivity contribution in [3.63, 3.8) is 0 Å². The van der Waals surface area contributed by atoms with E-state index in [1.807, 2.05) is 25.7 Å². The molecule has 0 heterocycles. The van der Waals surface area contributed by atoms with Crippen molar-refractivity contribution < 1.29 is 4.79 Å². The van der Waals surface area contributed by atoms with Crippen molar-refractivity contribution >= 4 is 5.91 Å². The van der Waals surface area contributed by atoms with E-state index >= 15 is 0 Å². The zero-order valence-electron chi connectivity index (χ0n) is 11.3. The molecule has 0 aromatic rings. The van der Waals surface area contributed by atoms with E-state index in [2.05, 4.69) is 19.2 Å². The van der Waals surface area contributed by atoms with Crippen LogP contribution in [0, 0.1) is 5.41 Å². The quantitative estimate of drug-likeness (QED) is 0.751. The van der Waals surface area contributed by atoms with Crippen LogP contribution < -0.4 is 5.32 Å². The molecule has 0 bridgehead atoms. The first-order valence-electron chi connectivity index (χ1n) is 6.49. The van der Waals surface area contributed by atoms with Gasteiger partial charge in [0.15, 0.2) is 0 Å². The molecular formula is C13H26N2O. The monoisotopic (exact) mass is 226 g/mol. The van der Waals surface area contributed by atoms with Gasteiger partial charge in [-0.3, -0.25) is 4.79 Å². The molecule has 16 heavy (non-hydrogen) atoms. The lowest BCUT2D eigenvalue weighted by atomic mass is 10.00. The Bertz CT molecular complexity index is 244. The van der Waals surface area contributed by atoms with Gasteiger partial charge in [0.2, 0.25) is 5.91 Å². The van der Waals surface area contributed by atoms with Gasteiger partial charge < -0.3 is 10.2 Å². The highest BCUT2D eigenvalue weighted by Gasteiger charge is 2.43. The summed E-state index contributed by atoms with van der Waals surface area (Å²) in [6.07, 6.45) is 2.57. The SMILES string of the molecule is CCN(CC)C(=O)C(C)NC(C)C1(C)CC1. The average Bonchev–Trinajstić information content (AvgIpc) is 2.99. The summed E-state index contributed by atoms with van der Waals surface area (Å²) < 4.78 is 0. The molecule has 94 valence electrons. The van der Waals surface area contributed by atoms with Gasteiger partial charge in [0.25, 0.3) is 0 Å². The number of likely N-dealkylation sites (N-methyl/N-ethyl adjacent to an activating group) is 1. The first-order valence-corrected chi connectivity index (χ1v) is 6.49. The third-order valence-electron chi connectivity index (χ3n) is 4.03. The van der Waals surface area contributed by atoms with Crippen molar-refractivity contribution in [2.24, 2.45) is 5.41 Å². The normalized spacial score (nSPS) is 21.3. The average molecular weight is 226 g/mol. The summed E-state index contributed by atoms with van der Waals surface area (Å²) in [6.45, 7) is 12.1. The van der Waals surface area contributed by atoms with Crippen LogP contribution >= 0.6 is 0 Å². The molecule has 1 aliphatic rings. The van der Waals surface area contributed by atoms with E-state index in [1.165, 1.54) is 12.8 Å². The van der Waals surface area contributed by atoms with Gasteiger partial charge in [-0.25, -0.2) is 0 Å². The lowest BCUT2D eigenvalue weighted by Crippen LogP contribution is -2.49. The van der Waals surface area contributed by atoms with Gasteiger partial charge >= 0.3 is 0 Å². The van der Waals surface area contributed by atoms with Crippen LogP contribution in [-0.4, -0.2) is 36.0 Å². The molecule has 3 nitrogen and oxygen atoms in total. The van der Waals surface area contributed by atoms with E-state index in [4.69, 9.17) is 0 Å². The van der Waals surface area contributed by atoms with Crippen molar-refractivity contribution in [2.75, 3.05) is 13.1 Å². The van der Waals surface area contributed by atoms with Crippen molar-refractivity contribution in [1.29, 1.82) is 0 Å². The molecule has 2 unspecified atom stereocenters. The van der Waals surface area contributed by atoms with E-state index in [1.54, 1.807) is 0 Å². The molecule has 0 saturated heterocycles. The molecule has 0 aliphatic heterocycles. The van der Waals surface area contributed by atoms with Crippen LogP contribution in [0.15, 0.2) is 0 Å². The van der Waals surface area contributed by atoms with Gasteiger partial charge in [-0.1, -0.05) is 6.92 Å². The first-order chi connectivity index (χ1) is 7.44. The second kappa shape index (κ2) is 5.17. The number of nitrogens with zero attached hydrogens (tertiary/aromatic N) is 1. The van der Waals surface area contributed by atoms with Crippen LogP contribution in [0.1, 0.15) is 47.5 Å². The molecule has 3 heteroatoms. The molecule has 1 N–H and O–H groups in total. The van der Waals surface area contributed by atoms with Crippen molar-refractivity contribution in [1.82, 2.24) is 10.2 Å². The van der Waals surface area contributed by atoms with Crippen LogP contribution in [0.5, 0.6) is 0 Å². The predicted molar refractivity (Wildman–Crippen MR) is 67.3 cm³/mol. The molecule has 0 aromatic heterocycles. The van der Waals surface area contributed by atoms with Gasteiger partial charge in [-0.05, 0) is 46.0 Å². The van der Waals surface area contributed by atoms with Crippen LogP contribution in [-0.2, 0) is 4.79 Å². The minimum Gasteiger partial charge on any atom is -0.342 e. The van der Waals surface area contributed by atoms with Crippen LogP contribution in [0.4, 0.5) is 0 Å². The number of carbonyl (C=O) groups excluding carboxylic acids is 1. The van der Waals surface area contributed by atoms with Gasteiger partial charge in [-0.15, -0.1) is 0 Å². The molecule has 1 rings (SSSR count). The molecule has 1 fully saturated rings. The minimum absolute atomic E-state index is 0.0627. The highest BCUT2D eigenvalue weighted by Crippen LogP contribution is 2.48. The van der Waals surface area contributed by atoms with E-state index in [9.17, 15) is 4.79 Å². The number of rotatable bonds is 6. The largest absolute Gasteiger partial charge is 0.342 e. The van der Waals surface area contributed by atoms with Crippen molar-refractivity contribution in [2.45, 2.75) is 59.5 Å². The molecule has 1 amide bonds. The van der Waals surface area contributed by atoms with E-state index in [-0.39, 0.29) is 11.9 Å². The van der Waals surface area contributed by atoms with Crippen LogP contribution in [0.2, 0.25) is 0 Å². The number of carbonyl (C=O) groups is 1. The number of hydrogen-bond donors (Lipinski definition) is 1. The second-order valence-corrected chi connectivity index (χ2v) is 5.27. The molecule has 0 aromatic carbocycles. The number of nitrogens with one attached hydrogen (secondary N) is 1. The maximum atomic E-state index is 12.1. The summed E-state index contributed by atoms with van der Waals surface area (Å²) in [5.41, 5.74) is 0.428. The minimum atomic E-state index is -0.0627. The fourth-order valence-electron chi connectivity index (χ4n) is 2.09. The summed E-state index contributed by atoms with van der Waals surface area (Å²) >= 11 is 0. The van der Waals surface area contributed by atoms with E-state index in [0.717, 1.165) is 13.1 Å². The lowest BCUT2D eigenvalue weighted by molar-refractivity contribution is -0.132. The smallest absolute Gasteiger partial charge is 0.239 e. The van der Waals surface area contributed by atoms with Gasteiger partial charge in [0.1, 0.15) is 0 Å². The van der Waals surface area contributed by atoms with Crippen LogP contribution in [0.25, 0.3) is 0 Å². The highest BCUT2D eigenvalue weighted by molar-refractivity contribution is 5.81. The fraction of sp³-hybridized carbons (Fsp3) is 0.923. The first kappa shape index (κ1) is 13.5. The molecule has 0 spiro atoms. The number of hydrogen-bond acceptors (Lipinski definition) is 2. The molecular weight excluding hydrogens is 200 g/mol. The molecule has 0 radical (unpaired) electrons. The van der Waals surface area contributed by atoms with Gasteiger partial charge in [-0.2, -0.15) is 0 Å². The number of amides is 1. The lowest BCUT2D eigenvalue weighted by Gasteiger charge is -2.28. The van der Waals surface area contributed by atoms with Crippen molar-refractivity contribution in [3.8, 4) is 0 Å². The Hall–Kier alpha value is -0.570. The Kier molecular flexibility index (Phi) is 4.36. The summed E-state index contributed by atoms with van der Waals surface area (Å²) in [4.78, 5) is 13.9. The Morgan fingerprint density at radius 2 is 1.81 bits per heavy atom. The fourth-order valence-corrected chi connectivity index (χ4v) is 2.09. The third kappa shape index (κ3) is 2.97. The summed E-state index contributed by atoms with van der Waals surface area (Å²) in [6, 6.07) is 0.370. The Morgan fingerprint density at radius 1 is 1.31 bits per heavy atom. The van der Waals surface area contributed by atoms with E-state index in [0.29, 0.717) is 11.5 Å². The van der Waals surface area contributed by atoms with Crippen LogP contribution in [0.3, 0.4) is 0 Å². The molecule has 2 atom stereocenters. The third-order valence-corrected chi connectivity index (χ3v) is 4.03. The van der Waals surface area contributed by atoms with Gasteiger partial charge in [0.05, 0.1) is 6.04 Å². The Balaban J connectivity index is 2.44. The highest BCUT2D eigenvalue weighted by atomic mass is 16.2. The van der Waals surface area contributed by atoms with E-state index < -0.39 is 0 Å². The topological polar surface area (TPSA) is 32.3 Å². The summed E-state index contributed by atoms with van der Waals surface area (Å²) in [5.74, 6) is 0.223. The Labute approximate surface area is 99.6 Å². The standard InChI is InChI=1S/C13H26N2O/c1-6-15(7-2)12(16)10(3)14-11(4)13(5)8-9-13/h10-11,14H,6-9H2,1-5H3. The maximum absolute atomic E-state index is 12.1.